The third-order valence-electron chi connectivity index (χ3n) is 3.44. The average molecular weight is 387 g/mol. The van der Waals surface area contributed by atoms with Crippen molar-refractivity contribution in [3.63, 3.8) is 0 Å². The maximum absolute atomic E-state index is 12.9. The molecule has 5 nitrogen and oxygen atoms in total. The van der Waals surface area contributed by atoms with Crippen LogP contribution in [0.2, 0.25) is 5.02 Å². The molecule has 0 aliphatic carbocycles. The van der Waals surface area contributed by atoms with E-state index in [9.17, 15) is 18.0 Å². The summed E-state index contributed by atoms with van der Waals surface area (Å²) in [4.78, 5) is 19.9. The van der Waals surface area contributed by atoms with Crippen molar-refractivity contribution in [2.24, 2.45) is 5.92 Å². The summed E-state index contributed by atoms with van der Waals surface area (Å²) < 4.78 is 38.6. The molecule has 2 aromatic rings. The molecule has 0 atom stereocenters. The van der Waals surface area contributed by atoms with Crippen LogP contribution in [0.4, 0.5) is 24.7 Å². The van der Waals surface area contributed by atoms with Gasteiger partial charge in [0, 0.05) is 12.2 Å². The number of halogens is 4. The summed E-state index contributed by atoms with van der Waals surface area (Å²) in [5.41, 5.74) is -0.658. The molecule has 9 heteroatoms. The van der Waals surface area contributed by atoms with Gasteiger partial charge in [0.25, 0.3) is 5.91 Å². The second-order valence-electron chi connectivity index (χ2n) is 6.04. The van der Waals surface area contributed by atoms with Crippen LogP contribution in [0.5, 0.6) is 0 Å². The lowest BCUT2D eigenvalue weighted by Gasteiger charge is -2.12. The number of nitrogens with zero attached hydrogens (tertiary/aromatic N) is 2. The van der Waals surface area contributed by atoms with Crippen molar-refractivity contribution in [2.45, 2.75) is 26.4 Å². The molecule has 1 aromatic heterocycles. The summed E-state index contributed by atoms with van der Waals surface area (Å²) in [7, 11) is 0. The van der Waals surface area contributed by atoms with E-state index in [2.05, 4.69) is 20.6 Å². The highest BCUT2D eigenvalue weighted by Crippen LogP contribution is 2.36. The molecule has 0 radical (unpaired) electrons. The van der Waals surface area contributed by atoms with Crippen LogP contribution in [-0.4, -0.2) is 22.4 Å². The van der Waals surface area contributed by atoms with E-state index in [1.54, 1.807) is 0 Å². The lowest BCUT2D eigenvalue weighted by molar-refractivity contribution is -0.137. The first-order valence-corrected chi connectivity index (χ1v) is 8.28. The Labute approximate surface area is 154 Å². The van der Waals surface area contributed by atoms with Crippen molar-refractivity contribution in [2.75, 3.05) is 11.9 Å². The maximum atomic E-state index is 12.9. The summed E-state index contributed by atoms with van der Waals surface area (Å²) >= 11 is 5.58. The highest BCUT2D eigenvalue weighted by Gasteiger charge is 2.33. The molecule has 26 heavy (non-hydrogen) atoms. The Balaban J connectivity index is 2.04. The van der Waals surface area contributed by atoms with Crippen LogP contribution in [-0.2, 0) is 6.18 Å². The number of benzene rings is 1. The number of carbonyl (C=O) groups excluding carboxylic acids is 1. The summed E-state index contributed by atoms with van der Waals surface area (Å²) in [5.74, 6) is 0.323. The molecule has 0 aliphatic rings. The van der Waals surface area contributed by atoms with Crippen LogP contribution in [0.1, 0.15) is 36.3 Å². The van der Waals surface area contributed by atoms with Crippen LogP contribution in [0.3, 0.4) is 0 Å². The molecule has 0 fully saturated rings. The van der Waals surface area contributed by atoms with Gasteiger partial charge < -0.3 is 10.6 Å². The van der Waals surface area contributed by atoms with Gasteiger partial charge in [-0.1, -0.05) is 25.4 Å². The number of carbonyl (C=O) groups is 1. The molecule has 1 aromatic carbocycles. The van der Waals surface area contributed by atoms with E-state index in [4.69, 9.17) is 11.6 Å². The predicted molar refractivity (Wildman–Crippen MR) is 93.6 cm³/mol. The van der Waals surface area contributed by atoms with E-state index < -0.39 is 11.7 Å². The Bertz CT molecular complexity index is 764. The van der Waals surface area contributed by atoms with Crippen LogP contribution in [0.25, 0.3) is 0 Å². The van der Waals surface area contributed by atoms with Gasteiger partial charge in [0.05, 0.1) is 23.0 Å². The number of aromatic nitrogens is 2. The minimum absolute atomic E-state index is 0.131. The number of nitrogens with one attached hydrogen (secondary N) is 2. The van der Waals surface area contributed by atoms with Crippen molar-refractivity contribution >= 4 is 29.0 Å². The fourth-order valence-electron chi connectivity index (χ4n) is 2.04. The maximum Gasteiger partial charge on any atom is 0.417 e. The molecular weight excluding hydrogens is 369 g/mol. The number of hydrogen-bond donors (Lipinski definition) is 2. The first kappa shape index (κ1) is 20.0. The first-order valence-electron chi connectivity index (χ1n) is 7.91. The Kier molecular flexibility index (Phi) is 6.42. The van der Waals surface area contributed by atoms with Crippen molar-refractivity contribution in [3.8, 4) is 0 Å². The zero-order valence-electron chi connectivity index (χ0n) is 14.2. The van der Waals surface area contributed by atoms with E-state index in [1.807, 2.05) is 13.8 Å². The van der Waals surface area contributed by atoms with Gasteiger partial charge in [-0.25, -0.2) is 9.97 Å². The van der Waals surface area contributed by atoms with E-state index in [0.29, 0.717) is 12.5 Å². The lowest BCUT2D eigenvalue weighted by Crippen LogP contribution is -2.26. The third kappa shape index (κ3) is 5.59. The second kappa shape index (κ2) is 8.35. The second-order valence-corrected chi connectivity index (χ2v) is 6.45. The van der Waals surface area contributed by atoms with Gasteiger partial charge in [-0.2, -0.15) is 13.2 Å². The van der Waals surface area contributed by atoms with Gasteiger partial charge in [0.1, 0.15) is 11.5 Å². The zero-order valence-corrected chi connectivity index (χ0v) is 14.9. The summed E-state index contributed by atoms with van der Waals surface area (Å²) in [6.07, 6.45) is -1.18. The molecule has 0 bridgehead atoms. The molecule has 0 saturated carbocycles. The van der Waals surface area contributed by atoms with Crippen LogP contribution in [0, 0.1) is 5.92 Å². The molecule has 0 unspecified atom stereocenters. The van der Waals surface area contributed by atoms with Crippen molar-refractivity contribution < 1.29 is 18.0 Å². The molecule has 2 rings (SSSR count). The number of amides is 1. The van der Waals surface area contributed by atoms with Gasteiger partial charge in [0.2, 0.25) is 0 Å². The topological polar surface area (TPSA) is 66.9 Å². The average Bonchev–Trinajstić information content (AvgIpc) is 2.56. The van der Waals surface area contributed by atoms with Crippen LogP contribution >= 0.6 is 11.6 Å². The van der Waals surface area contributed by atoms with E-state index in [1.165, 1.54) is 18.5 Å². The van der Waals surface area contributed by atoms with E-state index >= 15 is 0 Å². The zero-order chi connectivity index (χ0) is 19.3. The molecular formula is C17H18ClF3N4O. The quantitative estimate of drug-likeness (QED) is 0.757. The Morgan fingerprint density at radius 1 is 1.23 bits per heavy atom. The predicted octanol–water partition coefficient (Wildman–Crippen LogP) is 4.67. The normalized spacial score (nSPS) is 11.5. The number of hydrogen-bond acceptors (Lipinski definition) is 4. The Morgan fingerprint density at radius 2 is 1.96 bits per heavy atom. The Morgan fingerprint density at radius 3 is 2.54 bits per heavy atom. The highest BCUT2D eigenvalue weighted by molar-refractivity contribution is 6.31. The lowest BCUT2D eigenvalue weighted by atomic mass is 10.1. The van der Waals surface area contributed by atoms with Gasteiger partial charge in [-0.3, -0.25) is 4.79 Å². The largest absolute Gasteiger partial charge is 0.417 e. The standard InChI is InChI=1S/C17H18ClF3N4O/c1-10(2)5-6-22-16(26)14-8-24-15(9-23-14)25-11-3-4-13(18)12(7-11)17(19,20)21/h3-4,7-10H,5-6H2,1-2H3,(H,22,26)(H,24,25). The fraction of sp³-hybridized carbons (Fsp3) is 0.353. The molecule has 1 amide bonds. The summed E-state index contributed by atoms with van der Waals surface area (Å²) in [6, 6.07) is 3.43. The first-order chi connectivity index (χ1) is 12.2. The monoisotopic (exact) mass is 386 g/mol. The molecule has 2 N–H and O–H groups in total. The van der Waals surface area contributed by atoms with E-state index in [0.717, 1.165) is 18.6 Å². The van der Waals surface area contributed by atoms with Gasteiger partial charge in [0.15, 0.2) is 0 Å². The van der Waals surface area contributed by atoms with Crippen molar-refractivity contribution in [3.05, 3.63) is 46.9 Å². The number of anilines is 2. The van der Waals surface area contributed by atoms with Crippen molar-refractivity contribution in [1.29, 1.82) is 0 Å². The summed E-state index contributed by atoms with van der Waals surface area (Å²) in [5, 5.41) is 5.05. The van der Waals surface area contributed by atoms with Crippen molar-refractivity contribution in [1.82, 2.24) is 15.3 Å². The van der Waals surface area contributed by atoms with Gasteiger partial charge in [-0.15, -0.1) is 0 Å². The SMILES string of the molecule is CC(C)CCNC(=O)c1cnc(Nc2ccc(Cl)c(C(F)(F)F)c2)cn1. The minimum atomic E-state index is -4.56. The summed E-state index contributed by atoms with van der Waals surface area (Å²) in [6.45, 7) is 4.63. The molecule has 0 saturated heterocycles. The number of rotatable bonds is 6. The van der Waals surface area contributed by atoms with Crippen LogP contribution in [0.15, 0.2) is 30.6 Å². The Hall–Kier alpha value is -2.35. The molecule has 0 spiro atoms. The van der Waals surface area contributed by atoms with Gasteiger partial charge in [-0.05, 0) is 30.5 Å². The number of alkyl halides is 3. The van der Waals surface area contributed by atoms with E-state index in [-0.39, 0.29) is 28.1 Å². The third-order valence-corrected chi connectivity index (χ3v) is 3.77. The minimum Gasteiger partial charge on any atom is -0.351 e. The smallest absolute Gasteiger partial charge is 0.351 e. The fourth-order valence-corrected chi connectivity index (χ4v) is 2.27. The molecule has 0 aliphatic heterocycles. The molecule has 140 valence electrons. The van der Waals surface area contributed by atoms with Gasteiger partial charge >= 0.3 is 6.18 Å². The molecule has 1 heterocycles. The highest BCUT2D eigenvalue weighted by atomic mass is 35.5. The van der Waals surface area contributed by atoms with Crippen LogP contribution < -0.4 is 10.6 Å².